The highest BCUT2D eigenvalue weighted by molar-refractivity contribution is 7.74. The summed E-state index contributed by atoms with van der Waals surface area (Å²) in [6, 6.07) is 0. The molecule has 18 heavy (non-hydrogen) atoms. The second-order valence-corrected chi connectivity index (χ2v) is 6.68. The molecule has 0 aliphatic carbocycles. The van der Waals surface area contributed by atoms with Crippen molar-refractivity contribution in [3.05, 3.63) is 14.6 Å². The molecule has 0 heterocycles. The third-order valence-corrected chi connectivity index (χ3v) is 4.12. The molecule has 0 amide bonds. The number of rotatable bonds is 6. The van der Waals surface area contributed by atoms with Crippen molar-refractivity contribution in [1.82, 2.24) is 5.32 Å². The minimum absolute atomic E-state index is 0.0912. The van der Waals surface area contributed by atoms with Gasteiger partial charge in [0.2, 0.25) is 0 Å². The minimum Gasteiger partial charge on any atom is -0.373 e. The van der Waals surface area contributed by atoms with Crippen molar-refractivity contribution in [2.24, 2.45) is 0 Å². The summed E-state index contributed by atoms with van der Waals surface area (Å²) < 4.78 is 1.78. The smallest absolute Gasteiger partial charge is 0.0798 e. The summed E-state index contributed by atoms with van der Waals surface area (Å²) in [5, 5.41) is 3.17. The molecule has 0 unspecified atom stereocenters. The molecular formula is C14H24N2S2. The number of hydrogen-bond acceptors (Lipinski definition) is 4. The lowest BCUT2D eigenvalue weighted by atomic mass is 9.83. The first-order chi connectivity index (χ1) is 8.30. The van der Waals surface area contributed by atoms with E-state index in [2.05, 4.69) is 38.0 Å². The van der Waals surface area contributed by atoms with Crippen LogP contribution in [0, 0.1) is 9.02 Å². The first-order valence-electron chi connectivity index (χ1n) is 6.50. The van der Waals surface area contributed by atoms with Gasteiger partial charge in [-0.1, -0.05) is 45.2 Å². The molecule has 0 aliphatic heterocycles. The molecule has 0 saturated carbocycles. The lowest BCUT2D eigenvalue weighted by molar-refractivity contribution is 0.579. The fourth-order valence-electron chi connectivity index (χ4n) is 2.20. The molecule has 0 saturated heterocycles. The van der Waals surface area contributed by atoms with E-state index in [9.17, 15) is 0 Å². The van der Waals surface area contributed by atoms with Crippen molar-refractivity contribution in [2.45, 2.75) is 39.0 Å². The summed E-state index contributed by atoms with van der Waals surface area (Å²) in [6.45, 7) is 8.71. The van der Waals surface area contributed by atoms with E-state index in [4.69, 9.17) is 24.4 Å². The zero-order valence-electron chi connectivity index (χ0n) is 12.1. The van der Waals surface area contributed by atoms with Gasteiger partial charge in [-0.15, -0.1) is 0 Å². The van der Waals surface area contributed by atoms with Gasteiger partial charge in [0, 0.05) is 19.2 Å². The van der Waals surface area contributed by atoms with E-state index < -0.39 is 0 Å². The van der Waals surface area contributed by atoms with Gasteiger partial charge in [0.15, 0.2) is 0 Å². The molecule has 0 atom stereocenters. The van der Waals surface area contributed by atoms with Crippen LogP contribution >= 0.6 is 24.4 Å². The summed E-state index contributed by atoms with van der Waals surface area (Å²) in [4.78, 5) is 2.27. The monoisotopic (exact) mass is 284 g/mol. The third-order valence-electron chi connectivity index (χ3n) is 3.19. The zero-order chi connectivity index (χ0) is 13.9. The van der Waals surface area contributed by atoms with Crippen molar-refractivity contribution in [3.8, 4) is 0 Å². The Morgan fingerprint density at radius 3 is 2.22 bits per heavy atom. The topological polar surface area (TPSA) is 15.3 Å². The van der Waals surface area contributed by atoms with E-state index in [1.54, 1.807) is 0 Å². The second-order valence-electron chi connectivity index (χ2n) is 5.86. The van der Waals surface area contributed by atoms with Crippen molar-refractivity contribution < 1.29 is 0 Å². The Balaban J connectivity index is 2.75. The Bertz CT molecular complexity index is 465. The average molecular weight is 284 g/mol. The number of nitrogens with one attached hydrogen (secondary N) is 1. The standard InChI is InChI=1S/C14H24N2S2/c1-14(2,3)10-11(13(18)12(10)17)16(5)9-7-6-8-15-4/h15H,6-9H2,1-5H3. The van der Waals surface area contributed by atoms with Gasteiger partial charge in [-0.2, -0.15) is 0 Å². The summed E-state index contributed by atoms with van der Waals surface area (Å²) in [5.41, 5.74) is 2.55. The molecule has 1 N–H and O–H groups in total. The Kier molecular flexibility index (Phi) is 5.44. The molecule has 2 nitrogen and oxygen atoms in total. The molecule has 0 fully saturated rings. The first-order valence-corrected chi connectivity index (χ1v) is 7.32. The van der Waals surface area contributed by atoms with Crippen LogP contribution < -0.4 is 10.2 Å². The number of hydrogen-bond donors (Lipinski definition) is 1. The Morgan fingerprint density at radius 2 is 1.72 bits per heavy atom. The van der Waals surface area contributed by atoms with Crippen LogP contribution in [0.5, 0.6) is 0 Å². The lowest BCUT2D eigenvalue weighted by Gasteiger charge is -2.32. The van der Waals surface area contributed by atoms with Crippen molar-refractivity contribution in [1.29, 1.82) is 0 Å². The molecule has 0 bridgehead atoms. The maximum absolute atomic E-state index is 5.40. The van der Waals surface area contributed by atoms with E-state index >= 15 is 0 Å². The molecule has 102 valence electrons. The van der Waals surface area contributed by atoms with Crippen molar-refractivity contribution in [2.75, 3.05) is 32.1 Å². The molecule has 1 aromatic rings. The van der Waals surface area contributed by atoms with Crippen LogP contribution in [0.4, 0.5) is 5.69 Å². The van der Waals surface area contributed by atoms with Crippen LogP contribution in [0.25, 0.3) is 0 Å². The lowest BCUT2D eigenvalue weighted by Crippen LogP contribution is -2.27. The predicted molar refractivity (Wildman–Crippen MR) is 85.6 cm³/mol. The fourth-order valence-corrected chi connectivity index (χ4v) is 3.06. The van der Waals surface area contributed by atoms with E-state index in [0.29, 0.717) is 0 Å². The molecule has 0 spiro atoms. The molecule has 1 rings (SSSR count). The largest absolute Gasteiger partial charge is 0.373 e. The fraction of sp³-hybridized carbons (Fsp3) is 0.714. The van der Waals surface area contributed by atoms with Gasteiger partial charge in [-0.3, -0.25) is 0 Å². The summed E-state index contributed by atoms with van der Waals surface area (Å²) in [7, 11) is 4.11. The Hall–Kier alpha value is -0.320. The Labute approximate surface area is 121 Å². The molecule has 0 radical (unpaired) electrons. The first kappa shape index (κ1) is 15.7. The van der Waals surface area contributed by atoms with E-state index in [-0.39, 0.29) is 5.41 Å². The third kappa shape index (κ3) is 3.37. The highest BCUT2D eigenvalue weighted by Crippen LogP contribution is 2.38. The second kappa shape index (κ2) is 6.22. The number of nitrogens with zero attached hydrogens (tertiary/aromatic N) is 1. The normalized spacial score (nSPS) is 12.1. The molecular weight excluding hydrogens is 260 g/mol. The maximum Gasteiger partial charge on any atom is 0.0798 e. The van der Waals surface area contributed by atoms with E-state index in [1.807, 2.05) is 7.05 Å². The van der Waals surface area contributed by atoms with Crippen LogP contribution in [0.2, 0.25) is 0 Å². The number of anilines is 1. The van der Waals surface area contributed by atoms with Gasteiger partial charge in [-0.05, 0) is 31.8 Å². The van der Waals surface area contributed by atoms with Crippen LogP contribution in [0.15, 0.2) is 0 Å². The van der Waals surface area contributed by atoms with Gasteiger partial charge < -0.3 is 10.2 Å². The predicted octanol–water partition coefficient (Wildman–Crippen LogP) is 3.75. The zero-order valence-corrected chi connectivity index (χ0v) is 13.7. The van der Waals surface area contributed by atoms with E-state index in [0.717, 1.165) is 22.1 Å². The molecule has 0 aromatic heterocycles. The molecule has 1 aromatic carbocycles. The SMILES string of the molecule is CNCCCCN(C)c1c(C(C)(C)C)c(=S)c1=S. The van der Waals surface area contributed by atoms with Gasteiger partial charge in [0.25, 0.3) is 0 Å². The quantitative estimate of drug-likeness (QED) is 0.632. The van der Waals surface area contributed by atoms with Crippen molar-refractivity contribution >= 4 is 30.1 Å². The van der Waals surface area contributed by atoms with Crippen LogP contribution in [0.3, 0.4) is 0 Å². The summed E-state index contributed by atoms with van der Waals surface area (Å²) in [5.74, 6) is 0. The minimum atomic E-state index is 0.0912. The summed E-state index contributed by atoms with van der Waals surface area (Å²) >= 11 is 10.8. The van der Waals surface area contributed by atoms with Crippen LogP contribution in [-0.2, 0) is 5.41 Å². The van der Waals surface area contributed by atoms with Crippen LogP contribution in [-0.4, -0.2) is 27.2 Å². The summed E-state index contributed by atoms with van der Waals surface area (Å²) in [6.07, 6.45) is 2.36. The van der Waals surface area contributed by atoms with Gasteiger partial charge >= 0.3 is 0 Å². The van der Waals surface area contributed by atoms with Gasteiger partial charge in [0.05, 0.1) is 14.7 Å². The molecule has 4 heteroatoms. The van der Waals surface area contributed by atoms with E-state index in [1.165, 1.54) is 24.1 Å². The number of unbranched alkanes of at least 4 members (excludes halogenated alkanes) is 1. The highest BCUT2D eigenvalue weighted by Gasteiger charge is 2.27. The maximum atomic E-state index is 5.40. The highest BCUT2D eigenvalue weighted by atomic mass is 32.1. The van der Waals surface area contributed by atoms with Crippen LogP contribution in [0.1, 0.15) is 39.2 Å². The Morgan fingerprint density at radius 1 is 1.11 bits per heavy atom. The van der Waals surface area contributed by atoms with Gasteiger partial charge in [0.1, 0.15) is 0 Å². The molecule has 0 aliphatic rings. The van der Waals surface area contributed by atoms with Gasteiger partial charge in [-0.25, -0.2) is 0 Å². The average Bonchev–Trinajstić information content (AvgIpc) is 2.28. The van der Waals surface area contributed by atoms with Crippen molar-refractivity contribution in [3.63, 3.8) is 0 Å².